The van der Waals surface area contributed by atoms with Gasteiger partial charge in [-0.3, -0.25) is 4.79 Å². The number of hydrogen-bond acceptors (Lipinski definition) is 9. The largest absolute Gasteiger partial charge is 0.394 e. The summed E-state index contributed by atoms with van der Waals surface area (Å²) in [7, 11) is 0. The zero-order valence-corrected chi connectivity index (χ0v) is 29.2. The van der Waals surface area contributed by atoms with Crippen LogP contribution in [0.5, 0.6) is 0 Å². The highest BCUT2D eigenvalue weighted by Crippen LogP contribution is 2.23. The quantitative estimate of drug-likeness (QED) is 0.0523. The molecule has 8 atom stereocenters. The van der Waals surface area contributed by atoms with Crippen molar-refractivity contribution in [3.05, 3.63) is 0 Å². The van der Waals surface area contributed by atoms with Gasteiger partial charge in [0, 0.05) is 6.42 Å². The fourth-order valence-electron chi connectivity index (χ4n) is 6.12. The van der Waals surface area contributed by atoms with Gasteiger partial charge in [-0.2, -0.15) is 0 Å². The summed E-state index contributed by atoms with van der Waals surface area (Å²) >= 11 is 0. The molecule has 0 saturated carbocycles. The van der Waals surface area contributed by atoms with Crippen molar-refractivity contribution in [1.29, 1.82) is 0 Å². The number of nitrogens with one attached hydrogen (secondary N) is 1. The maximum atomic E-state index is 12.7. The zero-order valence-electron chi connectivity index (χ0n) is 29.2. The second-order valence-corrected chi connectivity index (χ2v) is 13.5. The van der Waals surface area contributed by atoms with Gasteiger partial charge in [0.1, 0.15) is 30.5 Å². The lowest BCUT2D eigenvalue weighted by molar-refractivity contribution is -0.303. The normalized spacial score (nSPS) is 23.7. The molecule has 0 aromatic heterocycles. The molecule has 10 heteroatoms. The van der Waals surface area contributed by atoms with E-state index in [0.29, 0.717) is 12.8 Å². The van der Waals surface area contributed by atoms with E-state index < -0.39 is 55.6 Å². The third-order valence-electron chi connectivity index (χ3n) is 9.30. The summed E-state index contributed by atoms with van der Waals surface area (Å²) in [6.07, 6.45) is 16.8. The van der Waals surface area contributed by atoms with Gasteiger partial charge in [0.05, 0.1) is 25.4 Å². The van der Waals surface area contributed by atoms with E-state index in [4.69, 9.17) is 9.47 Å². The molecule has 10 nitrogen and oxygen atoms in total. The van der Waals surface area contributed by atoms with E-state index in [1.165, 1.54) is 96.3 Å². The molecule has 0 radical (unpaired) electrons. The molecule has 1 heterocycles. The van der Waals surface area contributed by atoms with Gasteiger partial charge in [0.15, 0.2) is 6.29 Å². The van der Waals surface area contributed by atoms with E-state index in [9.17, 15) is 35.4 Å². The van der Waals surface area contributed by atoms with Crippen molar-refractivity contribution in [2.75, 3.05) is 13.2 Å². The Hall–Kier alpha value is -0.850. The predicted molar refractivity (Wildman–Crippen MR) is 181 cm³/mol. The number of hydrogen-bond donors (Lipinski definition) is 7. The monoisotopic (exact) mass is 662 g/mol. The lowest BCUT2D eigenvalue weighted by Gasteiger charge is -2.40. The number of carbonyl (C=O) groups excluding carboxylic acids is 1. The molecule has 0 aliphatic carbocycles. The molecule has 0 bridgehead atoms. The van der Waals surface area contributed by atoms with Crippen LogP contribution in [0.25, 0.3) is 0 Å². The Kier molecular flexibility index (Phi) is 26.3. The molecule has 1 saturated heterocycles. The third-order valence-corrected chi connectivity index (χ3v) is 9.30. The molecule has 0 spiro atoms. The minimum Gasteiger partial charge on any atom is -0.394 e. The molecule has 0 aromatic rings. The van der Waals surface area contributed by atoms with Crippen LogP contribution in [0.15, 0.2) is 0 Å². The Morgan fingerprint density at radius 1 is 0.674 bits per heavy atom. The molecule has 7 N–H and O–H groups in total. The van der Waals surface area contributed by atoms with Crippen molar-refractivity contribution in [1.82, 2.24) is 5.32 Å². The molecule has 274 valence electrons. The van der Waals surface area contributed by atoms with E-state index in [0.717, 1.165) is 32.1 Å². The van der Waals surface area contributed by atoms with E-state index in [-0.39, 0.29) is 18.9 Å². The SMILES string of the molecule is CCCCCCCCCCCCCCCCCCCCCC(=O)N[C@@H](CO[C@H]1O[C@H](CO)[C@H](O)[C@H](O)[C@H]1O)[C@H](O)[C@H](O)CCCC. The van der Waals surface area contributed by atoms with Crippen molar-refractivity contribution in [2.24, 2.45) is 0 Å². The number of ether oxygens (including phenoxy) is 2. The first-order chi connectivity index (χ1) is 22.3. The summed E-state index contributed by atoms with van der Waals surface area (Å²) in [6.45, 7) is 3.34. The lowest BCUT2D eigenvalue weighted by Crippen LogP contribution is -2.60. The van der Waals surface area contributed by atoms with Crippen LogP contribution in [0.2, 0.25) is 0 Å². The van der Waals surface area contributed by atoms with Crippen molar-refractivity contribution in [3.63, 3.8) is 0 Å². The van der Waals surface area contributed by atoms with E-state index >= 15 is 0 Å². The molecule has 0 aromatic carbocycles. The first-order valence-electron chi connectivity index (χ1n) is 18.8. The van der Waals surface area contributed by atoms with Gasteiger partial charge in [-0.25, -0.2) is 0 Å². The minimum atomic E-state index is -1.60. The van der Waals surface area contributed by atoms with Gasteiger partial charge in [-0.05, 0) is 12.8 Å². The Bertz CT molecular complexity index is 713. The molecule has 1 amide bonds. The number of carbonyl (C=O) groups is 1. The fraction of sp³-hybridized carbons (Fsp3) is 0.972. The van der Waals surface area contributed by atoms with Crippen LogP contribution in [-0.2, 0) is 14.3 Å². The molecule has 1 aliphatic heterocycles. The second-order valence-electron chi connectivity index (χ2n) is 13.5. The Morgan fingerprint density at radius 3 is 1.59 bits per heavy atom. The van der Waals surface area contributed by atoms with Gasteiger partial charge in [0.25, 0.3) is 0 Å². The number of aliphatic hydroxyl groups is 6. The minimum absolute atomic E-state index is 0.267. The van der Waals surface area contributed by atoms with Crippen LogP contribution in [-0.4, -0.2) is 98.7 Å². The average molecular weight is 662 g/mol. The van der Waals surface area contributed by atoms with Crippen molar-refractivity contribution in [2.45, 2.75) is 210 Å². The van der Waals surface area contributed by atoms with Crippen molar-refractivity contribution in [3.8, 4) is 0 Å². The molecule has 46 heavy (non-hydrogen) atoms. The fourth-order valence-corrected chi connectivity index (χ4v) is 6.12. The Labute approximate surface area is 279 Å². The highest BCUT2D eigenvalue weighted by Gasteiger charge is 2.44. The maximum absolute atomic E-state index is 12.7. The summed E-state index contributed by atoms with van der Waals surface area (Å²) in [4.78, 5) is 12.7. The van der Waals surface area contributed by atoms with E-state index in [1.54, 1.807) is 0 Å². The third kappa shape index (κ3) is 19.2. The van der Waals surface area contributed by atoms with Crippen LogP contribution >= 0.6 is 0 Å². The van der Waals surface area contributed by atoms with Gasteiger partial charge in [0.2, 0.25) is 5.91 Å². The van der Waals surface area contributed by atoms with Crippen LogP contribution < -0.4 is 5.32 Å². The first kappa shape index (κ1) is 43.2. The summed E-state index contributed by atoms with van der Waals surface area (Å²) < 4.78 is 11.0. The van der Waals surface area contributed by atoms with Crippen molar-refractivity contribution >= 4 is 5.91 Å². The van der Waals surface area contributed by atoms with E-state index in [2.05, 4.69) is 12.2 Å². The molecule has 1 fully saturated rings. The van der Waals surface area contributed by atoms with Gasteiger partial charge in [-0.15, -0.1) is 0 Å². The number of rotatable bonds is 30. The van der Waals surface area contributed by atoms with Gasteiger partial charge in [-0.1, -0.05) is 142 Å². The van der Waals surface area contributed by atoms with Crippen LogP contribution in [0.3, 0.4) is 0 Å². The molecular weight excluding hydrogens is 590 g/mol. The zero-order chi connectivity index (χ0) is 34.0. The number of amides is 1. The second kappa shape index (κ2) is 28.0. The van der Waals surface area contributed by atoms with Crippen LogP contribution in [0.1, 0.15) is 162 Å². The average Bonchev–Trinajstić information content (AvgIpc) is 3.05. The van der Waals surface area contributed by atoms with E-state index in [1.807, 2.05) is 6.92 Å². The summed E-state index contributed by atoms with van der Waals surface area (Å²) in [5.41, 5.74) is 0. The van der Waals surface area contributed by atoms with Crippen LogP contribution in [0.4, 0.5) is 0 Å². The topological polar surface area (TPSA) is 169 Å². The Balaban J connectivity index is 2.23. The number of unbranched alkanes of at least 4 members (excludes halogenated alkanes) is 19. The smallest absolute Gasteiger partial charge is 0.220 e. The number of aliphatic hydroxyl groups excluding tert-OH is 6. The highest BCUT2D eigenvalue weighted by molar-refractivity contribution is 5.76. The lowest BCUT2D eigenvalue weighted by atomic mass is 9.99. The van der Waals surface area contributed by atoms with Crippen molar-refractivity contribution < 1.29 is 44.9 Å². The van der Waals surface area contributed by atoms with Gasteiger partial charge >= 0.3 is 0 Å². The summed E-state index contributed by atoms with van der Waals surface area (Å²) in [5.74, 6) is -0.267. The standard InChI is InChI=1S/C36H71NO9/c1-3-5-7-8-9-10-11-12-13-14-15-16-17-18-19-20-21-22-23-25-31(40)37-28(32(41)29(39)24-6-4-2)27-45-36-35(44)34(43)33(42)30(26-38)46-36/h28-30,32-36,38-39,41-44H,3-27H2,1-2H3,(H,37,40)/t28-,29+,30+,32-,33-,34-,35+,36-/m0/s1. The molecule has 0 unspecified atom stereocenters. The maximum Gasteiger partial charge on any atom is 0.220 e. The Morgan fingerprint density at radius 2 is 1.13 bits per heavy atom. The van der Waals surface area contributed by atoms with Gasteiger partial charge < -0.3 is 45.4 Å². The molecule has 1 rings (SSSR count). The molecular formula is C36H71NO9. The predicted octanol–water partition coefficient (Wildman–Crippen LogP) is 5.02. The molecule has 1 aliphatic rings. The highest BCUT2D eigenvalue weighted by atomic mass is 16.7. The summed E-state index contributed by atoms with van der Waals surface area (Å²) in [6, 6.07) is -0.980. The summed E-state index contributed by atoms with van der Waals surface area (Å²) in [5, 5.41) is 63.7. The first-order valence-corrected chi connectivity index (χ1v) is 18.8. The van der Waals surface area contributed by atoms with Crippen LogP contribution in [0, 0.1) is 0 Å².